The van der Waals surface area contributed by atoms with Crippen LogP contribution < -0.4 is 16.3 Å². The van der Waals surface area contributed by atoms with Crippen LogP contribution in [-0.2, 0) is 4.79 Å². The van der Waals surface area contributed by atoms with Gasteiger partial charge in [0.25, 0.3) is 0 Å². The molecule has 3 heterocycles. The minimum absolute atomic E-state index is 0.0405. The number of benzene rings is 1. The fourth-order valence-electron chi connectivity index (χ4n) is 3.87. The zero-order valence-corrected chi connectivity index (χ0v) is 15.1. The topological polar surface area (TPSA) is 89.4 Å². The molecule has 27 heavy (non-hydrogen) atoms. The fourth-order valence-corrected chi connectivity index (χ4v) is 3.87. The van der Waals surface area contributed by atoms with Gasteiger partial charge in [0, 0.05) is 36.0 Å². The molecule has 6 heteroatoms. The lowest BCUT2D eigenvalue weighted by molar-refractivity contribution is -0.118. The Morgan fingerprint density at radius 1 is 1.26 bits per heavy atom. The number of nitrogens with two attached hydrogens (primary N) is 1. The number of hydrogen-bond donors (Lipinski definition) is 1. The molecule has 6 nitrogen and oxygen atoms in total. The molecule has 2 N–H and O–H groups in total. The Hall–Kier alpha value is -3.15. The number of hydrogen-bond acceptors (Lipinski definition) is 5. The summed E-state index contributed by atoms with van der Waals surface area (Å²) in [7, 11) is 0. The van der Waals surface area contributed by atoms with Crippen molar-refractivity contribution in [1.82, 2.24) is 4.98 Å². The summed E-state index contributed by atoms with van der Waals surface area (Å²) in [5, 5.41) is 0.790. The second-order valence-corrected chi connectivity index (χ2v) is 6.98. The van der Waals surface area contributed by atoms with Crippen molar-refractivity contribution in [2.45, 2.75) is 32.2 Å². The van der Waals surface area contributed by atoms with Crippen molar-refractivity contribution >= 4 is 22.8 Å². The van der Waals surface area contributed by atoms with Gasteiger partial charge in [0.15, 0.2) is 0 Å². The summed E-state index contributed by atoms with van der Waals surface area (Å²) in [4.78, 5) is 30.2. The predicted molar refractivity (Wildman–Crippen MR) is 105 cm³/mol. The van der Waals surface area contributed by atoms with E-state index in [9.17, 15) is 9.59 Å². The Kier molecular flexibility index (Phi) is 4.39. The number of amides is 1. The van der Waals surface area contributed by atoms with Gasteiger partial charge in [0.1, 0.15) is 5.82 Å². The van der Waals surface area contributed by atoms with Crippen LogP contribution in [0.25, 0.3) is 22.2 Å². The van der Waals surface area contributed by atoms with Crippen molar-refractivity contribution in [3.63, 3.8) is 0 Å². The van der Waals surface area contributed by atoms with E-state index in [0.29, 0.717) is 18.0 Å². The molecule has 1 aromatic carbocycles. The molecule has 0 unspecified atom stereocenters. The molecule has 3 aromatic rings. The Balaban J connectivity index is 1.81. The monoisotopic (exact) mass is 363 g/mol. The van der Waals surface area contributed by atoms with E-state index in [0.717, 1.165) is 41.5 Å². The van der Waals surface area contributed by atoms with Crippen molar-refractivity contribution < 1.29 is 9.21 Å². The highest BCUT2D eigenvalue weighted by Crippen LogP contribution is 2.32. The SMILES string of the molecule is Cc1ccccc1-c1cc(=O)oc2nc(N3CCC[C@@H]3CC(N)=O)ccc12. The van der Waals surface area contributed by atoms with Crippen LogP contribution in [0.3, 0.4) is 0 Å². The Morgan fingerprint density at radius 3 is 2.85 bits per heavy atom. The first-order chi connectivity index (χ1) is 13.0. The van der Waals surface area contributed by atoms with Crippen LogP contribution in [0.15, 0.2) is 51.7 Å². The third-order valence-electron chi connectivity index (χ3n) is 5.14. The first-order valence-corrected chi connectivity index (χ1v) is 9.09. The second kappa shape index (κ2) is 6.87. The molecule has 0 saturated carbocycles. The maximum atomic E-state index is 12.1. The highest BCUT2D eigenvalue weighted by molar-refractivity contribution is 5.93. The predicted octanol–water partition coefficient (Wildman–Crippen LogP) is 3.01. The molecule has 0 aliphatic carbocycles. The van der Waals surface area contributed by atoms with Crippen molar-refractivity contribution in [3.8, 4) is 11.1 Å². The van der Waals surface area contributed by atoms with Crippen LogP contribution in [0, 0.1) is 6.92 Å². The standard InChI is InChI=1S/C21H21N3O3/c1-13-5-2-3-7-15(13)17-12-20(26)27-21-16(17)8-9-19(23-21)24-10-4-6-14(24)11-18(22)25/h2-3,5,7-9,12,14H,4,6,10-11H2,1H3,(H2,22,25)/t14-/m1/s1. The normalized spacial score (nSPS) is 16.8. The molecule has 1 aliphatic heterocycles. The average molecular weight is 363 g/mol. The number of nitrogens with zero attached hydrogens (tertiary/aromatic N) is 2. The lowest BCUT2D eigenvalue weighted by Gasteiger charge is -2.24. The molecular weight excluding hydrogens is 342 g/mol. The number of aromatic nitrogens is 1. The van der Waals surface area contributed by atoms with Crippen molar-refractivity contribution in [3.05, 3.63) is 58.4 Å². The first-order valence-electron chi connectivity index (χ1n) is 9.09. The summed E-state index contributed by atoms with van der Waals surface area (Å²) in [5.41, 5.74) is 8.13. The molecule has 1 atom stereocenters. The number of carbonyl (C=O) groups excluding carboxylic acids is 1. The maximum Gasteiger partial charge on any atom is 0.338 e. The van der Waals surface area contributed by atoms with E-state index in [2.05, 4.69) is 9.88 Å². The van der Waals surface area contributed by atoms with E-state index in [4.69, 9.17) is 10.2 Å². The zero-order valence-electron chi connectivity index (χ0n) is 15.1. The maximum absolute atomic E-state index is 12.1. The van der Waals surface area contributed by atoms with Crippen LogP contribution in [0.5, 0.6) is 0 Å². The molecule has 1 fully saturated rings. The summed E-state index contributed by atoms with van der Waals surface area (Å²) in [5.74, 6) is 0.386. The molecule has 2 aromatic heterocycles. The summed E-state index contributed by atoms with van der Waals surface area (Å²) in [6.45, 7) is 2.81. The summed E-state index contributed by atoms with van der Waals surface area (Å²) in [6.07, 6.45) is 2.17. The fraction of sp³-hybridized carbons (Fsp3) is 0.286. The quantitative estimate of drug-likeness (QED) is 0.770. The van der Waals surface area contributed by atoms with E-state index >= 15 is 0 Å². The summed E-state index contributed by atoms with van der Waals surface area (Å²) in [6, 6.07) is 13.3. The van der Waals surface area contributed by atoms with E-state index in [1.54, 1.807) is 0 Å². The van der Waals surface area contributed by atoms with Crippen LogP contribution in [-0.4, -0.2) is 23.5 Å². The van der Waals surface area contributed by atoms with Gasteiger partial charge < -0.3 is 15.1 Å². The van der Waals surface area contributed by atoms with Crippen LogP contribution in [0.2, 0.25) is 0 Å². The van der Waals surface area contributed by atoms with Crippen LogP contribution in [0.1, 0.15) is 24.8 Å². The molecule has 1 amide bonds. The van der Waals surface area contributed by atoms with Gasteiger partial charge in [-0.15, -0.1) is 0 Å². The summed E-state index contributed by atoms with van der Waals surface area (Å²) < 4.78 is 5.40. The number of pyridine rings is 1. The van der Waals surface area contributed by atoms with Gasteiger partial charge in [-0.25, -0.2) is 4.79 Å². The van der Waals surface area contributed by atoms with Gasteiger partial charge >= 0.3 is 5.63 Å². The Labute approximate surface area is 156 Å². The lowest BCUT2D eigenvalue weighted by atomic mass is 9.99. The molecule has 138 valence electrons. The molecule has 0 radical (unpaired) electrons. The number of rotatable bonds is 4. The summed E-state index contributed by atoms with van der Waals surface area (Å²) >= 11 is 0. The van der Waals surface area contributed by atoms with E-state index in [-0.39, 0.29) is 11.9 Å². The highest BCUT2D eigenvalue weighted by Gasteiger charge is 2.27. The largest absolute Gasteiger partial charge is 0.404 e. The average Bonchev–Trinajstić information content (AvgIpc) is 3.08. The van der Waals surface area contributed by atoms with Gasteiger partial charge in [-0.3, -0.25) is 4.79 Å². The third kappa shape index (κ3) is 3.30. The first kappa shape index (κ1) is 17.3. The molecular formula is C21H21N3O3. The number of carbonyl (C=O) groups is 1. The van der Waals surface area contributed by atoms with E-state index < -0.39 is 5.63 Å². The molecule has 4 rings (SSSR count). The van der Waals surface area contributed by atoms with Gasteiger partial charge in [-0.2, -0.15) is 4.98 Å². The van der Waals surface area contributed by atoms with Gasteiger partial charge in [-0.1, -0.05) is 24.3 Å². The number of anilines is 1. The number of fused-ring (bicyclic) bond motifs is 1. The number of primary amides is 1. The Bertz CT molecular complexity index is 1070. The number of aryl methyl sites for hydroxylation is 1. The van der Waals surface area contributed by atoms with Crippen LogP contribution >= 0.6 is 0 Å². The third-order valence-corrected chi connectivity index (χ3v) is 5.14. The molecule has 1 saturated heterocycles. The molecule has 0 spiro atoms. The lowest BCUT2D eigenvalue weighted by Crippen LogP contribution is -2.33. The van der Waals surface area contributed by atoms with Gasteiger partial charge in [0.05, 0.1) is 0 Å². The smallest absolute Gasteiger partial charge is 0.338 e. The van der Waals surface area contributed by atoms with Crippen LogP contribution in [0.4, 0.5) is 5.82 Å². The second-order valence-electron chi connectivity index (χ2n) is 6.98. The molecule has 0 bridgehead atoms. The highest BCUT2D eigenvalue weighted by atomic mass is 16.4. The van der Waals surface area contributed by atoms with Crippen molar-refractivity contribution in [2.24, 2.45) is 5.73 Å². The van der Waals surface area contributed by atoms with Crippen molar-refractivity contribution in [2.75, 3.05) is 11.4 Å². The van der Waals surface area contributed by atoms with Gasteiger partial charge in [-0.05, 0) is 43.0 Å². The minimum atomic E-state index is -0.430. The van der Waals surface area contributed by atoms with Crippen molar-refractivity contribution in [1.29, 1.82) is 0 Å². The minimum Gasteiger partial charge on any atom is -0.404 e. The Morgan fingerprint density at radius 2 is 2.07 bits per heavy atom. The van der Waals surface area contributed by atoms with E-state index in [1.807, 2.05) is 43.3 Å². The van der Waals surface area contributed by atoms with Gasteiger partial charge in [0.2, 0.25) is 11.6 Å². The molecule has 1 aliphatic rings. The van der Waals surface area contributed by atoms with E-state index in [1.165, 1.54) is 6.07 Å². The zero-order chi connectivity index (χ0) is 19.0.